The summed E-state index contributed by atoms with van der Waals surface area (Å²) in [5.74, 6) is -0.799. The molecule has 9 heteroatoms. The zero-order chi connectivity index (χ0) is 20.0. The Labute approximate surface area is 157 Å². The molecule has 2 rings (SSSR count). The van der Waals surface area contributed by atoms with E-state index in [9.17, 15) is 18.0 Å². The van der Waals surface area contributed by atoms with Crippen molar-refractivity contribution < 1.29 is 18.0 Å². The lowest BCUT2D eigenvalue weighted by Crippen LogP contribution is -2.37. The normalized spacial score (nSPS) is 10.6. The maximum absolute atomic E-state index is 12.3. The fourth-order valence-electron chi connectivity index (χ4n) is 2.31. The number of nitriles is 1. The molecule has 0 heterocycles. The molecule has 0 aromatic heterocycles. The molecule has 2 aromatic carbocycles. The Balaban J connectivity index is 2.17. The third-order valence-corrected chi connectivity index (χ3v) is 4.58. The van der Waals surface area contributed by atoms with Gasteiger partial charge in [0.25, 0.3) is 0 Å². The number of nitrogens with zero attached hydrogens (tertiary/aromatic N) is 2. The van der Waals surface area contributed by atoms with Crippen molar-refractivity contribution in [3.63, 3.8) is 0 Å². The van der Waals surface area contributed by atoms with E-state index in [1.807, 2.05) is 6.07 Å². The third kappa shape index (κ3) is 5.83. The Kier molecular flexibility index (Phi) is 6.15. The van der Waals surface area contributed by atoms with E-state index in [1.54, 1.807) is 24.3 Å². The van der Waals surface area contributed by atoms with Gasteiger partial charge in [-0.25, -0.2) is 8.42 Å². The third-order valence-electron chi connectivity index (χ3n) is 3.44. The number of rotatable bonds is 6. The second-order valence-electron chi connectivity index (χ2n) is 5.74. The quantitative estimate of drug-likeness (QED) is 0.786. The predicted octanol–water partition coefficient (Wildman–Crippen LogP) is 1.92. The van der Waals surface area contributed by atoms with Crippen LogP contribution in [0.25, 0.3) is 0 Å². The number of amides is 2. The molecule has 0 aliphatic rings. The molecule has 0 unspecified atom stereocenters. The van der Waals surface area contributed by atoms with Crippen molar-refractivity contribution in [1.82, 2.24) is 0 Å². The van der Waals surface area contributed by atoms with Crippen molar-refractivity contribution in [2.24, 2.45) is 0 Å². The van der Waals surface area contributed by atoms with Crippen LogP contribution < -0.4 is 14.9 Å². The summed E-state index contributed by atoms with van der Waals surface area (Å²) in [5.41, 5.74) is 1.58. The van der Waals surface area contributed by atoms with Gasteiger partial charge in [0.15, 0.2) is 0 Å². The summed E-state index contributed by atoms with van der Waals surface area (Å²) < 4.78 is 25.1. The number of sulfonamides is 1. The van der Waals surface area contributed by atoms with Gasteiger partial charge in [-0.15, -0.1) is 0 Å². The predicted molar refractivity (Wildman–Crippen MR) is 103 cm³/mol. The maximum atomic E-state index is 12.3. The summed E-state index contributed by atoms with van der Waals surface area (Å²) in [6.45, 7) is 0.932. The van der Waals surface area contributed by atoms with Crippen molar-refractivity contribution >= 4 is 38.9 Å². The fraction of sp³-hybridized carbons (Fsp3) is 0.167. The summed E-state index contributed by atoms with van der Waals surface area (Å²) in [7, 11) is -3.72. The molecule has 0 radical (unpaired) electrons. The van der Waals surface area contributed by atoms with E-state index < -0.39 is 22.5 Å². The van der Waals surface area contributed by atoms with Crippen molar-refractivity contribution in [3.8, 4) is 6.07 Å². The van der Waals surface area contributed by atoms with Crippen LogP contribution in [0.2, 0.25) is 0 Å². The first kappa shape index (κ1) is 19.9. The highest BCUT2D eigenvalue weighted by Gasteiger charge is 2.21. The fourth-order valence-corrected chi connectivity index (χ4v) is 3.17. The average molecular weight is 386 g/mol. The summed E-state index contributed by atoms with van der Waals surface area (Å²) >= 11 is 0. The summed E-state index contributed by atoms with van der Waals surface area (Å²) in [4.78, 5) is 23.5. The molecular formula is C18H18N4O4S. The van der Waals surface area contributed by atoms with E-state index in [2.05, 4.69) is 10.6 Å². The van der Waals surface area contributed by atoms with E-state index in [1.165, 1.54) is 31.2 Å². The average Bonchev–Trinajstić information content (AvgIpc) is 2.58. The van der Waals surface area contributed by atoms with Crippen LogP contribution in [-0.2, 0) is 19.6 Å². The number of hydrogen-bond acceptors (Lipinski definition) is 5. The number of carbonyl (C=O) groups excluding carboxylic acids is 2. The molecule has 0 saturated carbocycles. The van der Waals surface area contributed by atoms with Crippen molar-refractivity contribution in [1.29, 1.82) is 5.26 Å². The van der Waals surface area contributed by atoms with Gasteiger partial charge in [-0.3, -0.25) is 13.9 Å². The topological polar surface area (TPSA) is 119 Å². The first-order chi connectivity index (χ1) is 12.7. The lowest BCUT2D eigenvalue weighted by Gasteiger charge is -2.22. The van der Waals surface area contributed by atoms with Crippen LogP contribution in [0.5, 0.6) is 0 Å². The SMILES string of the molecule is CC(=O)Nc1cccc(NC(=O)CN(c2ccc(C#N)cc2)S(C)(=O)=O)c1. The van der Waals surface area contributed by atoms with Gasteiger partial charge in [-0.1, -0.05) is 6.07 Å². The molecule has 0 bridgehead atoms. The molecule has 0 aliphatic heterocycles. The van der Waals surface area contributed by atoms with Gasteiger partial charge in [-0.05, 0) is 42.5 Å². The highest BCUT2D eigenvalue weighted by atomic mass is 32.2. The Hall–Kier alpha value is -3.38. The van der Waals surface area contributed by atoms with Crippen molar-refractivity contribution in [2.75, 3.05) is 27.7 Å². The maximum Gasteiger partial charge on any atom is 0.245 e. The molecule has 0 atom stereocenters. The Morgan fingerprint density at radius 3 is 2.19 bits per heavy atom. The summed E-state index contributed by atoms with van der Waals surface area (Å²) in [6, 6.07) is 14.3. The van der Waals surface area contributed by atoms with Crippen LogP contribution >= 0.6 is 0 Å². The van der Waals surface area contributed by atoms with Gasteiger partial charge < -0.3 is 10.6 Å². The lowest BCUT2D eigenvalue weighted by molar-refractivity contribution is -0.115. The highest BCUT2D eigenvalue weighted by molar-refractivity contribution is 7.92. The second kappa shape index (κ2) is 8.33. The summed E-state index contributed by atoms with van der Waals surface area (Å²) in [5, 5.41) is 14.0. The molecule has 0 aliphatic carbocycles. The molecule has 2 amide bonds. The van der Waals surface area contributed by atoms with E-state index in [0.29, 0.717) is 16.9 Å². The van der Waals surface area contributed by atoms with Gasteiger partial charge in [0.1, 0.15) is 6.54 Å². The van der Waals surface area contributed by atoms with Crippen LogP contribution in [0.1, 0.15) is 12.5 Å². The van der Waals surface area contributed by atoms with Crippen LogP contribution in [0.4, 0.5) is 17.1 Å². The number of carbonyl (C=O) groups is 2. The summed E-state index contributed by atoms with van der Waals surface area (Å²) in [6.07, 6.45) is 0.996. The number of hydrogen-bond donors (Lipinski definition) is 2. The van der Waals surface area contributed by atoms with Gasteiger partial charge >= 0.3 is 0 Å². The zero-order valence-corrected chi connectivity index (χ0v) is 15.6. The number of nitrogens with one attached hydrogen (secondary N) is 2. The van der Waals surface area contributed by atoms with Gasteiger partial charge in [-0.2, -0.15) is 5.26 Å². The minimum Gasteiger partial charge on any atom is -0.326 e. The van der Waals surface area contributed by atoms with E-state index >= 15 is 0 Å². The Morgan fingerprint density at radius 2 is 1.67 bits per heavy atom. The van der Waals surface area contributed by atoms with Gasteiger partial charge in [0, 0.05) is 18.3 Å². The minimum atomic E-state index is -3.72. The molecule has 0 fully saturated rings. The van der Waals surface area contributed by atoms with Gasteiger partial charge in [0.2, 0.25) is 21.8 Å². The van der Waals surface area contributed by atoms with Crippen molar-refractivity contribution in [2.45, 2.75) is 6.92 Å². The van der Waals surface area contributed by atoms with Crippen molar-refractivity contribution in [3.05, 3.63) is 54.1 Å². The first-order valence-electron chi connectivity index (χ1n) is 7.84. The lowest BCUT2D eigenvalue weighted by atomic mass is 10.2. The van der Waals surface area contributed by atoms with Crippen LogP contribution in [-0.4, -0.2) is 33.0 Å². The molecule has 2 aromatic rings. The standard InChI is InChI=1S/C18H18N4O4S/c1-13(23)20-15-4-3-5-16(10-15)21-18(24)12-22(27(2,25)26)17-8-6-14(11-19)7-9-17/h3-10H,12H2,1-2H3,(H,20,23)(H,21,24). The van der Waals surface area contributed by atoms with E-state index in [-0.39, 0.29) is 11.6 Å². The molecular weight excluding hydrogens is 368 g/mol. The van der Waals surface area contributed by atoms with E-state index in [0.717, 1.165) is 10.6 Å². The highest BCUT2D eigenvalue weighted by Crippen LogP contribution is 2.19. The smallest absolute Gasteiger partial charge is 0.245 e. The molecule has 140 valence electrons. The zero-order valence-electron chi connectivity index (χ0n) is 14.8. The van der Waals surface area contributed by atoms with E-state index in [4.69, 9.17) is 5.26 Å². The molecule has 27 heavy (non-hydrogen) atoms. The molecule has 0 spiro atoms. The molecule has 2 N–H and O–H groups in total. The van der Waals surface area contributed by atoms with Crippen LogP contribution in [0, 0.1) is 11.3 Å². The molecule has 0 saturated heterocycles. The molecule has 8 nitrogen and oxygen atoms in total. The number of benzene rings is 2. The Morgan fingerprint density at radius 1 is 1.07 bits per heavy atom. The Bertz CT molecular complexity index is 995. The van der Waals surface area contributed by atoms with Crippen LogP contribution in [0.15, 0.2) is 48.5 Å². The second-order valence-corrected chi connectivity index (χ2v) is 7.65. The largest absolute Gasteiger partial charge is 0.326 e. The first-order valence-corrected chi connectivity index (χ1v) is 9.69. The van der Waals surface area contributed by atoms with Gasteiger partial charge in [0.05, 0.1) is 23.6 Å². The number of anilines is 3. The van der Waals surface area contributed by atoms with Crippen LogP contribution in [0.3, 0.4) is 0 Å². The monoisotopic (exact) mass is 386 g/mol. The minimum absolute atomic E-state index is 0.248.